The Bertz CT molecular complexity index is 1020. The average Bonchev–Trinajstić information content (AvgIpc) is 2.83. The van der Waals surface area contributed by atoms with Gasteiger partial charge in [0.15, 0.2) is 0 Å². The van der Waals surface area contributed by atoms with E-state index in [1.54, 1.807) is 4.90 Å². The first kappa shape index (κ1) is 20.7. The largest absolute Gasteiger partial charge is 0.339 e. The van der Waals surface area contributed by atoms with Crippen molar-refractivity contribution < 1.29 is 9.59 Å². The fraction of sp³-hybridized carbons (Fsp3) is 0.280. The summed E-state index contributed by atoms with van der Waals surface area (Å²) in [5.74, 6) is -0.249. The summed E-state index contributed by atoms with van der Waals surface area (Å²) >= 11 is 0. The van der Waals surface area contributed by atoms with Gasteiger partial charge >= 0.3 is 0 Å². The predicted molar refractivity (Wildman–Crippen MR) is 119 cm³/mol. The summed E-state index contributed by atoms with van der Waals surface area (Å²) in [5.41, 5.74) is 3.56. The van der Waals surface area contributed by atoms with Gasteiger partial charge < -0.3 is 9.80 Å². The maximum Gasteiger partial charge on any atom is 0.274 e. The highest BCUT2D eigenvalue weighted by molar-refractivity contribution is 5.96. The molecule has 6 nitrogen and oxygen atoms in total. The van der Waals surface area contributed by atoms with Gasteiger partial charge in [-0.25, -0.2) is 4.98 Å². The van der Waals surface area contributed by atoms with Gasteiger partial charge in [0.2, 0.25) is 5.91 Å². The smallest absolute Gasteiger partial charge is 0.274 e. The first-order chi connectivity index (χ1) is 15.2. The molecule has 0 aliphatic carbocycles. The van der Waals surface area contributed by atoms with Gasteiger partial charge in [0, 0.05) is 38.4 Å². The summed E-state index contributed by atoms with van der Waals surface area (Å²) in [6, 6.07) is 17.8. The molecule has 0 N–H and O–H groups in total. The SMILES string of the molecule is CCCN1CCN(C(=O)c2cnccn2)[C@@H](Cc2ccc(-c3ccccc3)cc2)C1=O. The zero-order valence-electron chi connectivity index (χ0n) is 17.6. The number of amides is 2. The van der Waals surface area contributed by atoms with Crippen LogP contribution < -0.4 is 0 Å². The Labute approximate surface area is 182 Å². The molecule has 158 valence electrons. The van der Waals surface area contributed by atoms with E-state index in [0.29, 0.717) is 26.1 Å². The number of carbonyl (C=O) groups excluding carboxylic acids is 2. The van der Waals surface area contributed by atoms with Crippen LogP contribution in [0.1, 0.15) is 29.4 Å². The zero-order valence-corrected chi connectivity index (χ0v) is 17.6. The summed E-state index contributed by atoms with van der Waals surface area (Å²) < 4.78 is 0. The molecule has 0 bridgehead atoms. The highest BCUT2D eigenvalue weighted by Gasteiger charge is 2.37. The van der Waals surface area contributed by atoms with Crippen LogP contribution >= 0.6 is 0 Å². The van der Waals surface area contributed by atoms with E-state index in [0.717, 1.165) is 23.1 Å². The first-order valence-electron chi connectivity index (χ1n) is 10.7. The Hall–Kier alpha value is -3.54. The van der Waals surface area contributed by atoms with E-state index in [1.165, 1.54) is 18.6 Å². The van der Waals surface area contributed by atoms with Crippen molar-refractivity contribution in [2.45, 2.75) is 25.8 Å². The van der Waals surface area contributed by atoms with Gasteiger partial charge in [-0.3, -0.25) is 14.6 Å². The second kappa shape index (κ2) is 9.51. The fourth-order valence-electron chi connectivity index (χ4n) is 4.01. The van der Waals surface area contributed by atoms with Crippen molar-refractivity contribution in [1.29, 1.82) is 0 Å². The number of hydrogen-bond acceptors (Lipinski definition) is 4. The number of nitrogens with zero attached hydrogens (tertiary/aromatic N) is 4. The maximum atomic E-state index is 13.3. The number of carbonyl (C=O) groups is 2. The van der Waals surface area contributed by atoms with E-state index >= 15 is 0 Å². The highest BCUT2D eigenvalue weighted by atomic mass is 16.2. The van der Waals surface area contributed by atoms with Gasteiger partial charge in [-0.2, -0.15) is 0 Å². The minimum absolute atomic E-state index is 0.00234. The third-order valence-corrected chi connectivity index (χ3v) is 5.61. The van der Waals surface area contributed by atoms with E-state index in [2.05, 4.69) is 41.2 Å². The van der Waals surface area contributed by atoms with Crippen molar-refractivity contribution in [3.05, 3.63) is 84.4 Å². The number of benzene rings is 2. The molecule has 3 aromatic rings. The minimum atomic E-state index is -0.544. The Morgan fingerprint density at radius 3 is 2.42 bits per heavy atom. The van der Waals surface area contributed by atoms with E-state index < -0.39 is 6.04 Å². The average molecular weight is 415 g/mol. The van der Waals surface area contributed by atoms with Crippen molar-refractivity contribution in [2.75, 3.05) is 19.6 Å². The normalized spacial score (nSPS) is 16.4. The molecule has 0 radical (unpaired) electrons. The van der Waals surface area contributed by atoms with Crippen molar-refractivity contribution in [3.63, 3.8) is 0 Å². The number of piperazine rings is 1. The number of rotatable bonds is 6. The molecule has 1 aliphatic heterocycles. The summed E-state index contributed by atoms with van der Waals surface area (Å²) in [6.45, 7) is 3.80. The van der Waals surface area contributed by atoms with Crippen LogP contribution in [0.15, 0.2) is 73.2 Å². The molecular formula is C25H26N4O2. The Kier molecular flexibility index (Phi) is 6.36. The Morgan fingerprint density at radius 1 is 1.00 bits per heavy atom. The second-order valence-electron chi connectivity index (χ2n) is 7.70. The lowest BCUT2D eigenvalue weighted by atomic mass is 9.98. The molecule has 31 heavy (non-hydrogen) atoms. The van der Waals surface area contributed by atoms with Crippen LogP contribution in [0.3, 0.4) is 0 Å². The monoisotopic (exact) mass is 414 g/mol. The molecule has 1 atom stereocenters. The Balaban J connectivity index is 1.58. The van der Waals surface area contributed by atoms with Gasteiger partial charge in [0.05, 0.1) is 6.20 Å². The third kappa shape index (κ3) is 4.63. The molecule has 2 amide bonds. The van der Waals surface area contributed by atoms with E-state index in [1.807, 2.05) is 35.2 Å². The third-order valence-electron chi connectivity index (χ3n) is 5.61. The maximum absolute atomic E-state index is 13.3. The van der Waals surface area contributed by atoms with Crippen LogP contribution in [0.25, 0.3) is 11.1 Å². The molecular weight excluding hydrogens is 388 g/mol. The van der Waals surface area contributed by atoms with Crippen molar-refractivity contribution in [1.82, 2.24) is 19.8 Å². The number of aromatic nitrogens is 2. The fourth-order valence-corrected chi connectivity index (χ4v) is 4.01. The molecule has 1 fully saturated rings. The van der Waals surface area contributed by atoms with Crippen LogP contribution in [0.2, 0.25) is 0 Å². The highest BCUT2D eigenvalue weighted by Crippen LogP contribution is 2.22. The standard InChI is InChI=1S/C25H26N4O2/c1-2-14-28-15-16-29(24(30)22-18-26-12-13-27-22)23(25(28)31)17-19-8-10-21(11-9-19)20-6-4-3-5-7-20/h3-13,18,23H,2,14-17H2,1H3/t23-/m0/s1. The number of hydrogen-bond donors (Lipinski definition) is 0. The molecule has 2 aromatic carbocycles. The summed E-state index contributed by atoms with van der Waals surface area (Å²) in [4.78, 5) is 38.0. The lowest BCUT2D eigenvalue weighted by molar-refractivity contribution is -0.140. The topological polar surface area (TPSA) is 66.4 Å². The molecule has 1 aliphatic rings. The molecule has 4 rings (SSSR count). The summed E-state index contributed by atoms with van der Waals surface area (Å²) in [5, 5.41) is 0. The van der Waals surface area contributed by atoms with Gasteiger partial charge in [-0.05, 0) is 23.1 Å². The molecule has 0 saturated carbocycles. The van der Waals surface area contributed by atoms with Crippen LogP contribution in [-0.2, 0) is 11.2 Å². The van der Waals surface area contributed by atoms with Crippen molar-refractivity contribution in [2.24, 2.45) is 0 Å². The molecule has 6 heteroatoms. The molecule has 0 spiro atoms. The van der Waals surface area contributed by atoms with Crippen LogP contribution in [0, 0.1) is 0 Å². The second-order valence-corrected chi connectivity index (χ2v) is 7.70. The minimum Gasteiger partial charge on any atom is -0.339 e. The van der Waals surface area contributed by atoms with Gasteiger partial charge in [-0.15, -0.1) is 0 Å². The van der Waals surface area contributed by atoms with Crippen molar-refractivity contribution in [3.8, 4) is 11.1 Å². The van der Waals surface area contributed by atoms with Gasteiger partial charge in [0.25, 0.3) is 5.91 Å². The molecule has 0 unspecified atom stereocenters. The predicted octanol–water partition coefficient (Wildman–Crippen LogP) is 3.45. The molecule has 2 heterocycles. The summed E-state index contributed by atoms with van der Waals surface area (Å²) in [6.07, 6.45) is 5.85. The van der Waals surface area contributed by atoms with Gasteiger partial charge in [0.1, 0.15) is 11.7 Å². The van der Waals surface area contributed by atoms with Crippen molar-refractivity contribution >= 4 is 11.8 Å². The van der Waals surface area contributed by atoms with E-state index in [4.69, 9.17) is 0 Å². The van der Waals surface area contributed by atoms with Crippen LogP contribution in [0.4, 0.5) is 0 Å². The quantitative estimate of drug-likeness (QED) is 0.620. The van der Waals surface area contributed by atoms with E-state index in [9.17, 15) is 9.59 Å². The van der Waals surface area contributed by atoms with E-state index in [-0.39, 0.29) is 17.5 Å². The molecule has 1 saturated heterocycles. The lowest BCUT2D eigenvalue weighted by Gasteiger charge is -2.40. The Morgan fingerprint density at radius 2 is 1.74 bits per heavy atom. The van der Waals surface area contributed by atoms with Crippen LogP contribution in [0.5, 0.6) is 0 Å². The van der Waals surface area contributed by atoms with Crippen LogP contribution in [-0.4, -0.2) is 57.3 Å². The first-order valence-corrected chi connectivity index (χ1v) is 10.7. The zero-order chi connectivity index (χ0) is 21.6. The summed E-state index contributed by atoms with van der Waals surface area (Å²) in [7, 11) is 0. The lowest BCUT2D eigenvalue weighted by Crippen LogP contribution is -2.59. The van der Waals surface area contributed by atoms with Gasteiger partial charge in [-0.1, -0.05) is 61.5 Å². The molecule has 1 aromatic heterocycles.